The van der Waals surface area contributed by atoms with Gasteiger partial charge in [-0.2, -0.15) is 0 Å². The van der Waals surface area contributed by atoms with Gasteiger partial charge in [0, 0.05) is 13.1 Å². The predicted molar refractivity (Wildman–Crippen MR) is 64.4 cm³/mol. The van der Waals surface area contributed by atoms with Crippen molar-refractivity contribution in [1.82, 2.24) is 10.2 Å². The zero-order chi connectivity index (χ0) is 15.1. The van der Waals surface area contributed by atoms with E-state index in [0.717, 1.165) is 11.0 Å². The Kier molecular flexibility index (Phi) is 3.45. The molecule has 0 aromatic heterocycles. The fourth-order valence-corrected chi connectivity index (χ4v) is 2.09. The zero-order valence-electron chi connectivity index (χ0n) is 11.0. The van der Waals surface area contributed by atoms with Gasteiger partial charge < -0.3 is 10.2 Å². The highest BCUT2D eigenvalue weighted by molar-refractivity contribution is 5.99. The van der Waals surface area contributed by atoms with E-state index < -0.39 is 34.5 Å². The van der Waals surface area contributed by atoms with Crippen LogP contribution < -0.4 is 5.32 Å². The SMILES string of the molecule is CC1(C)C(=O)NCCN1C(=O)c1ccc(F)c(F)c1F. The van der Waals surface area contributed by atoms with Crippen molar-refractivity contribution in [2.75, 3.05) is 13.1 Å². The number of nitrogens with one attached hydrogen (secondary N) is 1. The molecule has 4 nitrogen and oxygen atoms in total. The average Bonchev–Trinajstić information content (AvgIpc) is 2.39. The second-order valence-electron chi connectivity index (χ2n) is 4.99. The first-order valence-electron chi connectivity index (χ1n) is 6.00. The minimum atomic E-state index is -1.70. The van der Waals surface area contributed by atoms with Gasteiger partial charge in [-0.3, -0.25) is 9.59 Å². The van der Waals surface area contributed by atoms with Gasteiger partial charge in [0.25, 0.3) is 5.91 Å². The summed E-state index contributed by atoms with van der Waals surface area (Å²) < 4.78 is 39.7. The third kappa shape index (κ3) is 2.13. The summed E-state index contributed by atoms with van der Waals surface area (Å²) in [4.78, 5) is 25.1. The fourth-order valence-electron chi connectivity index (χ4n) is 2.09. The van der Waals surface area contributed by atoms with E-state index in [1.54, 1.807) is 0 Å². The quantitative estimate of drug-likeness (QED) is 0.794. The summed E-state index contributed by atoms with van der Waals surface area (Å²) in [6.07, 6.45) is 0. The van der Waals surface area contributed by atoms with Gasteiger partial charge in [0.2, 0.25) is 5.91 Å². The van der Waals surface area contributed by atoms with Crippen molar-refractivity contribution in [2.45, 2.75) is 19.4 Å². The lowest BCUT2D eigenvalue weighted by Crippen LogP contribution is -2.63. The van der Waals surface area contributed by atoms with Crippen molar-refractivity contribution in [3.8, 4) is 0 Å². The maximum Gasteiger partial charge on any atom is 0.257 e. The Morgan fingerprint density at radius 1 is 1.25 bits per heavy atom. The molecule has 0 atom stereocenters. The van der Waals surface area contributed by atoms with Crippen LogP contribution in [0.3, 0.4) is 0 Å². The lowest BCUT2D eigenvalue weighted by Gasteiger charge is -2.41. The molecule has 2 amide bonds. The van der Waals surface area contributed by atoms with Gasteiger partial charge in [0.05, 0.1) is 5.56 Å². The topological polar surface area (TPSA) is 49.4 Å². The average molecular weight is 286 g/mol. The third-order valence-corrected chi connectivity index (χ3v) is 3.36. The Morgan fingerprint density at radius 2 is 1.90 bits per heavy atom. The lowest BCUT2D eigenvalue weighted by atomic mass is 9.97. The Labute approximate surface area is 113 Å². The molecular formula is C13H13F3N2O2. The van der Waals surface area contributed by atoms with Crippen LogP contribution in [0.5, 0.6) is 0 Å². The molecule has 0 spiro atoms. The summed E-state index contributed by atoms with van der Waals surface area (Å²) >= 11 is 0. The van der Waals surface area contributed by atoms with E-state index in [1.165, 1.54) is 13.8 Å². The van der Waals surface area contributed by atoms with Crippen LogP contribution in [0.15, 0.2) is 12.1 Å². The van der Waals surface area contributed by atoms with E-state index in [9.17, 15) is 22.8 Å². The first-order valence-corrected chi connectivity index (χ1v) is 6.00. The number of benzene rings is 1. The van der Waals surface area contributed by atoms with E-state index in [4.69, 9.17) is 0 Å². The van der Waals surface area contributed by atoms with Gasteiger partial charge in [-0.1, -0.05) is 0 Å². The largest absolute Gasteiger partial charge is 0.352 e. The van der Waals surface area contributed by atoms with E-state index >= 15 is 0 Å². The lowest BCUT2D eigenvalue weighted by molar-refractivity contribution is -0.133. The van der Waals surface area contributed by atoms with E-state index in [1.807, 2.05) is 0 Å². The standard InChI is InChI=1S/C13H13F3N2O2/c1-13(2)12(20)17-5-6-18(13)11(19)7-3-4-8(14)10(16)9(7)15/h3-4H,5-6H2,1-2H3,(H,17,20). The van der Waals surface area contributed by atoms with E-state index in [0.29, 0.717) is 6.07 Å². The molecule has 20 heavy (non-hydrogen) atoms. The van der Waals surface area contributed by atoms with Crippen molar-refractivity contribution in [3.63, 3.8) is 0 Å². The summed E-state index contributed by atoms with van der Waals surface area (Å²) in [6, 6.07) is 1.56. The zero-order valence-corrected chi connectivity index (χ0v) is 11.0. The molecule has 108 valence electrons. The molecule has 1 fully saturated rings. The van der Waals surface area contributed by atoms with Crippen LogP contribution in [-0.4, -0.2) is 35.3 Å². The maximum atomic E-state index is 13.7. The first kappa shape index (κ1) is 14.4. The molecule has 0 unspecified atom stereocenters. The number of amides is 2. The second kappa shape index (κ2) is 4.81. The molecule has 1 heterocycles. The summed E-state index contributed by atoms with van der Waals surface area (Å²) in [5.74, 6) is -5.84. The van der Waals surface area contributed by atoms with Gasteiger partial charge >= 0.3 is 0 Å². The van der Waals surface area contributed by atoms with Crippen molar-refractivity contribution in [2.24, 2.45) is 0 Å². The number of hydrogen-bond acceptors (Lipinski definition) is 2. The molecule has 2 rings (SSSR count). The second-order valence-corrected chi connectivity index (χ2v) is 4.99. The molecule has 1 aromatic rings. The highest BCUT2D eigenvalue weighted by atomic mass is 19.2. The normalized spacial score (nSPS) is 17.9. The molecule has 1 aliphatic heterocycles. The molecule has 0 saturated carbocycles. The van der Waals surface area contributed by atoms with E-state index in [2.05, 4.69) is 5.32 Å². The van der Waals surface area contributed by atoms with Gasteiger partial charge in [-0.25, -0.2) is 13.2 Å². The first-order chi connectivity index (χ1) is 9.26. The molecule has 1 aromatic carbocycles. The summed E-state index contributed by atoms with van der Waals surface area (Å²) in [5.41, 5.74) is -1.78. The van der Waals surface area contributed by atoms with Crippen LogP contribution in [0.25, 0.3) is 0 Å². The fraction of sp³-hybridized carbons (Fsp3) is 0.385. The van der Waals surface area contributed by atoms with Crippen molar-refractivity contribution < 1.29 is 22.8 Å². The minimum absolute atomic E-state index is 0.163. The van der Waals surface area contributed by atoms with Crippen molar-refractivity contribution in [3.05, 3.63) is 35.1 Å². The van der Waals surface area contributed by atoms with Crippen LogP contribution in [0.1, 0.15) is 24.2 Å². The van der Waals surface area contributed by atoms with Crippen LogP contribution in [-0.2, 0) is 4.79 Å². The van der Waals surface area contributed by atoms with Gasteiger partial charge in [0.1, 0.15) is 5.54 Å². The van der Waals surface area contributed by atoms with Crippen LogP contribution in [0.4, 0.5) is 13.2 Å². The Bertz CT molecular complexity index is 587. The van der Waals surface area contributed by atoms with Gasteiger partial charge in [0.15, 0.2) is 17.5 Å². The predicted octanol–water partition coefficient (Wildman–Crippen LogP) is 1.45. The minimum Gasteiger partial charge on any atom is -0.352 e. The van der Waals surface area contributed by atoms with Crippen molar-refractivity contribution >= 4 is 11.8 Å². The Balaban J connectivity index is 2.41. The number of halogens is 3. The smallest absolute Gasteiger partial charge is 0.257 e. The number of nitrogens with zero attached hydrogens (tertiary/aromatic N) is 1. The molecule has 0 bridgehead atoms. The molecule has 1 saturated heterocycles. The number of carbonyl (C=O) groups is 2. The number of rotatable bonds is 1. The van der Waals surface area contributed by atoms with Gasteiger partial charge in [-0.15, -0.1) is 0 Å². The Morgan fingerprint density at radius 3 is 2.55 bits per heavy atom. The monoisotopic (exact) mass is 286 g/mol. The summed E-state index contributed by atoms with van der Waals surface area (Å²) in [6.45, 7) is 3.38. The highest BCUT2D eigenvalue weighted by Gasteiger charge is 2.41. The van der Waals surface area contributed by atoms with E-state index in [-0.39, 0.29) is 19.0 Å². The molecule has 1 N–H and O–H groups in total. The van der Waals surface area contributed by atoms with Crippen molar-refractivity contribution in [1.29, 1.82) is 0 Å². The van der Waals surface area contributed by atoms with Crippen LogP contribution in [0.2, 0.25) is 0 Å². The highest BCUT2D eigenvalue weighted by Crippen LogP contribution is 2.23. The number of hydrogen-bond donors (Lipinski definition) is 1. The van der Waals surface area contributed by atoms with Crippen LogP contribution in [0, 0.1) is 17.5 Å². The molecule has 1 aliphatic rings. The molecule has 0 aliphatic carbocycles. The molecule has 7 heteroatoms. The van der Waals surface area contributed by atoms with Crippen LogP contribution >= 0.6 is 0 Å². The summed E-state index contributed by atoms with van der Waals surface area (Å²) in [7, 11) is 0. The molecule has 0 radical (unpaired) electrons. The Hall–Kier alpha value is -2.05. The number of piperazine rings is 1. The number of carbonyl (C=O) groups excluding carboxylic acids is 2. The van der Waals surface area contributed by atoms with Gasteiger partial charge in [-0.05, 0) is 26.0 Å². The maximum absolute atomic E-state index is 13.7. The summed E-state index contributed by atoms with van der Waals surface area (Å²) in [5, 5.41) is 2.58. The molecular weight excluding hydrogens is 273 g/mol. The third-order valence-electron chi connectivity index (χ3n) is 3.36.